The number of aromatic nitrogens is 3. The molecule has 0 spiro atoms. The molecule has 0 bridgehead atoms. The van der Waals surface area contributed by atoms with E-state index in [1.807, 2.05) is 42.7 Å². The number of carboxylic acids is 1. The normalized spacial score (nSPS) is 20.0. The van der Waals surface area contributed by atoms with E-state index in [0.717, 1.165) is 5.56 Å². The zero-order valence-corrected chi connectivity index (χ0v) is 14.9. The third-order valence-corrected chi connectivity index (χ3v) is 4.66. The van der Waals surface area contributed by atoms with Crippen molar-refractivity contribution in [3.05, 3.63) is 30.6 Å². The summed E-state index contributed by atoms with van der Waals surface area (Å²) in [6.45, 7) is 5.44. The van der Waals surface area contributed by atoms with Gasteiger partial charge in [-0.25, -0.2) is 4.79 Å². The van der Waals surface area contributed by atoms with Gasteiger partial charge in [-0.2, -0.15) is 0 Å². The third kappa shape index (κ3) is 3.68. The number of para-hydroxylation sites is 1. The second-order valence-electron chi connectivity index (χ2n) is 6.70. The number of carboxylic acid groups (broad SMARTS) is 1. The first-order valence-electron chi connectivity index (χ1n) is 8.75. The van der Waals surface area contributed by atoms with Crippen LogP contribution in [0.4, 0.5) is 10.5 Å². The molecular formula is C18H23N5O3. The van der Waals surface area contributed by atoms with Crippen LogP contribution in [-0.4, -0.2) is 49.9 Å². The molecule has 8 nitrogen and oxygen atoms in total. The first-order chi connectivity index (χ1) is 12.5. The summed E-state index contributed by atoms with van der Waals surface area (Å²) >= 11 is 0. The number of aryl methyl sites for hydroxylation is 1. The largest absolute Gasteiger partial charge is 0.481 e. The van der Waals surface area contributed by atoms with Gasteiger partial charge < -0.3 is 19.9 Å². The summed E-state index contributed by atoms with van der Waals surface area (Å²) < 4.78 is 1.90. The Balaban J connectivity index is 1.81. The van der Waals surface area contributed by atoms with Gasteiger partial charge in [0.1, 0.15) is 6.33 Å². The number of carbonyl (C=O) groups excluding carboxylic acids is 1. The lowest BCUT2D eigenvalue weighted by atomic mass is 9.91. The number of piperidine rings is 1. The van der Waals surface area contributed by atoms with Crippen molar-refractivity contribution >= 4 is 17.7 Å². The summed E-state index contributed by atoms with van der Waals surface area (Å²) in [5.74, 6) is -0.554. The molecule has 1 saturated heterocycles. The minimum absolute atomic E-state index is 0.147. The molecular weight excluding hydrogens is 334 g/mol. The van der Waals surface area contributed by atoms with Crippen molar-refractivity contribution in [2.75, 3.05) is 18.4 Å². The highest BCUT2D eigenvalue weighted by atomic mass is 16.4. The minimum Gasteiger partial charge on any atom is -0.481 e. The Morgan fingerprint density at radius 3 is 2.81 bits per heavy atom. The van der Waals surface area contributed by atoms with Crippen LogP contribution >= 0.6 is 0 Å². The molecule has 138 valence electrons. The molecule has 2 amide bonds. The van der Waals surface area contributed by atoms with E-state index in [1.54, 1.807) is 11.2 Å². The van der Waals surface area contributed by atoms with E-state index in [4.69, 9.17) is 0 Å². The quantitative estimate of drug-likeness (QED) is 0.876. The summed E-state index contributed by atoms with van der Waals surface area (Å²) in [5, 5.41) is 20.3. The monoisotopic (exact) mass is 357 g/mol. The fourth-order valence-electron chi connectivity index (χ4n) is 3.37. The molecule has 26 heavy (non-hydrogen) atoms. The number of rotatable bonds is 4. The molecule has 1 aromatic carbocycles. The van der Waals surface area contributed by atoms with Crippen LogP contribution in [-0.2, 0) is 11.3 Å². The van der Waals surface area contributed by atoms with Gasteiger partial charge in [0.25, 0.3) is 0 Å². The standard InChI is InChI=1S/C18H23N5O3/c1-3-22-11-19-21-16(22)14-6-4-5-7-15(14)20-18(26)23-9-12(2)8-13(10-23)17(24)25/h4-7,11-13H,3,8-10H2,1-2H3,(H,20,26)(H,24,25). The Labute approximate surface area is 151 Å². The second kappa shape index (κ2) is 7.55. The van der Waals surface area contributed by atoms with Crippen molar-refractivity contribution < 1.29 is 14.7 Å². The lowest BCUT2D eigenvalue weighted by molar-refractivity contribution is -0.143. The van der Waals surface area contributed by atoms with Gasteiger partial charge in [-0.05, 0) is 31.4 Å². The summed E-state index contributed by atoms with van der Waals surface area (Å²) in [4.78, 5) is 25.6. The summed E-state index contributed by atoms with van der Waals surface area (Å²) in [6, 6.07) is 7.11. The summed E-state index contributed by atoms with van der Waals surface area (Å²) in [7, 11) is 0. The van der Waals surface area contributed by atoms with Crippen molar-refractivity contribution in [3.63, 3.8) is 0 Å². The highest BCUT2D eigenvalue weighted by molar-refractivity contribution is 5.94. The molecule has 8 heteroatoms. The Kier molecular flexibility index (Phi) is 5.20. The van der Waals surface area contributed by atoms with E-state index in [0.29, 0.717) is 31.0 Å². The Morgan fingerprint density at radius 2 is 2.08 bits per heavy atom. The first kappa shape index (κ1) is 17.9. The van der Waals surface area contributed by atoms with Crippen molar-refractivity contribution in [3.8, 4) is 11.4 Å². The zero-order valence-electron chi connectivity index (χ0n) is 14.9. The molecule has 0 saturated carbocycles. The predicted molar refractivity (Wildman–Crippen MR) is 96.6 cm³/mol. The average molecular weight is 357 g/mol. The van der Waals surface area contributed by atoms with E-state index in [2.05, 4.69) is 15.5 Å². The summed E-state index contributed by atoms with van der Waals surface area (Å²) in [6.07, 6.45) is 2.24. The first-order valence-corrected chi connectivity index (χ1v) is 8.75. The van der Waals surface area contributed by atoms with Crippen LogP contribution < -0.4 is 5.32 Å². The SMILES string of the molecule is CCn1cnnc1-c1ccccc1NC(=O)N1CC(C)CC(C(=O)O)C1. The van der Waals surface area contributed by atoms with Crippen molar-refractivity contribution in [1.82, 2.24) is 19.7 Å². The topological polar surface area (TPSA) is 100 Å². The van der Waals surface area contributed by atoms with Gasteiger partial charge >= 0.3 is 12.0 Å². The number of nitrogens with one attached hydrogen (secondary N) is 1. The van der Waals surface area contributed by atoms with Gasteiger partial charge in [0.2, 0.25) is 0 Å². The molecule has 1 aliphatic heterocycles. The van der Waals surface area contributed by atoms with Crippen LogP contribution in [0.5, 0.6) is 0 Å². The van der Waals surface area contributed by atoms with Gasteiger partial charge in [0.15, 0.2) is 5.82 Å². The number of hydrogen-bond donors (Lipinski definition) is 2. The van der Waals surface area contributed by atoms with E-state index in [1.165, 1.54) is 0 Å². The van der Waals surface area contributed by atoms with Gasteiger partial charge in [-0.3, -0.25) is 4.79 Å². The van der Waals surface area contributed by atoms with Gasteiger partial charge in [-0.1, -0.05) is 19.1 Å². The van der Waals surface area contributed by atoms with E-state index in [-0.39, 0.29) is 18.5 Å². The molecule has 0 radical (unpaired) electrons. The number of anilines is 1. The van der Waals surface area contributed by atoms with Crippen LogP contribution in [0.25, 0.3) is 11.4 Å². The second-order valence-corrected chi connectivity index (χ2v) is 6.70. The molecule has 2 atom stereocenters. The summed E-state index contributed by atoms with van der Waals surface area (Å²) in [5.41, 5.74) is 1.41. The van der Waals surface area contributed by atoms with Crippen LogP contribution in [0.1, 0.15) is 20.3 Å². The maximum Gasteiger partial charge on any atom is 0.321 e. The van der Waals surface area contributed by atoms with Gasteiger partial charge in [0.05, 0.1) is 11.6 Å². The molecule has 2 aromatic rings. The Hall–Kier alpha value is -2.90. The fourth-order valence-corrected chi connectivity index (χ4v) is 3.37. The highest BCUT2D eigenvalue weighted by Crippen LogP contribution is 2.27. The Bertz CT molecular complexity index is 804. The minimum atomic E-state index is -0.856. The lowest BCUT2D eigenvalue weighted by Gasteiger charge is -2.34. The van der Waals surface area contributed by atoms with Gasteiger partial charge in [-0.15, -0.1) is 10.2 Å². The number of carbonyl (C=O) groups is 2. The molecule has 2 heterocycles. The number of aliphatic carboxylic acids is 1. The maximum absolute atomic E-state index is 12.7. The third-order valence-electron chi connectivity index (χ3n) is 4.66. The Morgan fingerprint density at radius 1 is 1.31 bits per heavy atom. The fraction of sp³-hybridized carbons (Fsp3) is 0.444. The maximum atomic E-state index is 12.7. The van der Waals surface area contributed by atoms with E-state index in [9.17, 15) is 14.7 Å². The molecule has 3 rings (SSSR count). The average Bonchev–Trinajstić information content (AvgIpc) is 3.10. The van der Waals surface area contributed by atoms with Crippen molar-refractivity contribution in [1.29, 1.82) is 0 Å². The van der Waals surface area contributed by atoms with Gasteiger partial charge in [0, 0.05) is 25.2 Å². The molecule has 2 N–H and O–H groups in total. The molecule has 2 unspecified atom stereocenters. The highest BCUT2D eigenvalue weighted by Gasteiger charge is 2.32. The molecule has 1 fully saturated rings. The molecule has 0 aliphatic carbocycles. The number of benzene rings is 1. The smallest absolute Gasteiger partial charge is 0.321 e. The zero-order chi connectivity index (χ0) is 18.7. The van der Waals surface area contributed by atoms with Crippen molar-refractivity contribution in [2.24, 2.45) is 11.8 Å². The lowest BCUT2D eigenvalue weighted by Crippen LogP contribution is -2.47. The number of likely N-dealkylation sites (tertiary alicyclic amines) is 1. The molecule has 1 aromatic heterocycles. The van der Waals surface area contributed by atoms with Crippen LogP contribution in [0.2, 0.25) is 0 Å². The van der Waals surface area contributed by atoms with Crippen LogP contribution in [0, 0.1) is 11.8 Å². The molecule has 1 aliphatic rings. The number of hydrogen-bond acceptors (Lipinski definition) is 4. The van der Waals surface area contributed by atoms with E-state index >= 15 is 0 Å². The van der Waals surface area contributed by atoms with Crippen LogP contribution in [0.15, 0.2) is 30.6 Å². The van der Waals surface area contributed by atoms with Crippen molar-refractivity contribution in [2.45, 2.75) is 26.8 Å². The number of urea groups is 1. The number of amides is 2. The van der Waals surface area contributed by atoms with E-state index < -0.39 is 11.9 Å². The number of nitrogens with zero attached hydrogens (tertiary/aromatic N) is 4. The predicted octanol–water partition coefficient (Wildman–Crippen LogP) is 2.54. The van der Waals surface area contributed by atoms with Crippen LogP contribution in [0.3, 0.4) is 0 Å².